The molecule has 1 N–H and O–H groups in total. The summed E-state index contributed by atoms with van der Waals surface area (Å²) in [5.74, 6) is 0.705. The standard InChI is InChI=1S/C17H19N3O3S/c21-15-11-24-17(19-15)20-18-10-12-5-4-8-14(9-12)23-16(22)13-6-2-1-3-7-13/h4-5,8-10,13H,1-3,6-7,11H2,(H,19,20,21). The highest BCUT2D eigenvalue weighted by Gasteiger charge is 2.23. The molecule has 1 aromatic carbocycles. The molecule has 1 aliphatic carbocycles. The molecule has 1 saturated carbocycles. The highest BCUT2D eigenvalue weighted by Crippen LogP contribution is 2.25. The molecule has 7 heteroatoms. The Morgan fingerprint density at radius 2 is 2.12 bits per heavy atom. The van der Waals surface area contributed by atoms with Gasteiger partial charge in [-0.05, 0) is 30.5 Å². The average Bonchev–Trinajstić information content (AvgIpc) is 3.01. The number of esters is 1. The summed E-state index contributed by atoms with van der Waals surface area (Å²) < 4.78 is 5.49. The van der Waals surface area contributed by atoms with Crippen LogP contribution in [0.3, 0.4) is 0 Å². The SMILES string of the molecule is O=C1CSC(=NN=Cc2cccc(OC(=O)C3CCCCC3)c2)N1. The summed E-state index contributed by atoms with van der Waals surface area (Å²) >= 11 is 1.32. The number of hydrogen-bond acceptors (Lipinski definition) is 6. The van der Waals surface area contributed by atoms with Crippen LogP contribution in [0.15, 0.2) is 34.5 Å². The number of thioether (sulfide) groups is 1. The molecule has 24 heavy (non-hydrogen) atoms. The molecular formula is C17H19N3O3S. The van der Waals surface area contributed by atoms with Gasteiger partial charge in [0.15, 0.2) is 5.17 Å². The topological polar surface area (TPSA) is 80.1 Å². The maximum atomic E-state index is 12.2. The molecule has 2 aliphatic rings. The molecule has 3 rings (SSSR count). The van der Waals surface area contributed by atoms with Crippen LogP contribution >= 0.6 is 11.8 Å². The van der Waals surface area contributed by atoms with E-state index in [4.69, 9.17) is 4.74 Å². The van der Waals surface area contributed by atoms with Gasteiger partial charge < -0.3 is 10.1 Å². The second-order valence-electron chi connectivity index (χ2n) is 5.82. The smallest absolute Gasteiger partial charge is 0.314 e. The van der Waals surface area contributed by atoms with Gasteiger partial charge in [0.1, 0.15) is 5.75 Å². The van der Waals surface area contributed by atoms with E-state index in [0.717, 1.165) is 31.2 Å². The lowest BCUT2D eigenvalue weighted by atomic mass is 9.89. The van der Waals surface area contributed by atoms with Gasteiger partial charge in [0, 0.05) is 0 Å². The van der Waals surface area contributed by atoms with Crippen LogP contribution in [0.2, 0.25) is 0 Å². The Morgan fingerprint density at radius 3 is 2.88 bits per heavy atom. The number of amidine groups is 1. The number of hydrogen-bond donors (Lipinski definition) is 1. The quantitative estimate of drug-likeness (QED) is 0.394. The van der Waals surface area contributed by atoms with Crippen molar-refractivity contribution in [3.63, 3.8) is 0 Å². The number of nitrogens with zero attached hydrogens (tertiary/aromatic N) is 2. The Hall–Kier alpha value is -2.15. The molecule has 1 heterocycles. The van der Waals surface area contributed by atoms with Gasteiger partial charge in [-0.25, -0.2) is 0 Å². The molecule has 126 valence electrons. The van der Waals surface area contributed by atoms with E-state index >= 15 is 0 Å². The molecule has 2 fully saturated rings. The summed E-state index contributed by atoms with van der Waals surface area (Å²) in [5.41, 5.74) is 0.780. The monoisotopic (exact) mass is 345 g/mol. The number of ether oxygens (including phenoxy) is 1. The summed E-state index contributed by atoms with van der Waals surface area (Å²) in [6.07, 6.45) is 6.80. The first kappa shape index (κ1) is 16.7. The van der Waals surface area contributed by atoms with E-state index in [9.17, 15) is 9.59 Å². The molecule has 0 unspecified atom stereocenters. The lowest BCUT2D eigenvalue weighted by molar-refractivity contribution is -0.140. The summed E-state index contributed by atoms with van der Waals surface area (Å²) in [4.78, 5) is 23.2. The first-order chi connectivity index (χ1) is 11.7. The van der Waals surface area contributed by atoms with Crippen LogP contribution < -0.4 is 10.1 Å². The Kier molecular flexibility index (Phi) is 5.63. The zero-order valence-corrected chi connectivity index (χ0v) is 14.1. The number of rotatable bonds is 4. The highest BCUT2D eigenvalue weighted by molar-refractivity contribution is 8.15. The van der Waals surface area contributed by atoms with Crippen LogP contribution in [0, 0.1) is 5.92 Å². The van der Waals surface area contributed by atoms with E-state index in [1.165, 1.54) is 18.2 Å². The lowest BCUT2D eigenvalue weighted by Gasteiger charge is -2.19. The molecule has 0 atom stereocenters. The fraction of sp³-hybridized carbons (Fsp3) is 0.412. The van der Waals surface area contributed by atoms with Crippen molar-refractivity contribution < 1.29 is 14.3 Å². The van der Waals surface area contributed by atoms with Gasteiger partial charge in [-0.1, -0.05) is 43.2 Å². The predicted octanol–water partition coefficient (Wildman–Crippen LogP) is 2.73. The van der Waals surface area contributed by atoms with Crippen LogP contribution in [0.5, 0.6) is 5.75 Å². The third-order valence-electron chi connectivity index (χ3n) is 3.96. The van der Waals surface area contributed by atoms with E-state index in [2.05, 4.69) is 15.5 Å². The van der Waals surface area contributed by atoms with Crippen LogP contribution in [-0.2, 0) is 9.59 Å². The maximum Gasteiger partial charge on any atom is 0.314 e. The van der Waals surface area contributed by atoms with Crippen molar-refractivity contribution in [3.05, 3.63) is 29.8 Å². The van der Waals surface area contributed by atoms with Crippen molar-refractivity contribution in [2.45, 2.75) is 32.1 Å². The molecule has 0 radical (unpaired) electrons. The van der Waals surface area contributed by atoms with E-state index in [-0.39, 0.29) is 17.8 Å². The minimum atomic E-state index is -0.144. The van der Waals surface area contributed by atoms with Gasteiger partial charge in [-0.15, -0.1) is 5.10 Å². The second kappa shape index (κ2) is 8.10. The first-order valence-electron chi connectivity index (χ1n) is 8.06. The van der Waals surface area contributed by atoms with Gasteiger partial charge in [0.05, 0.1) is 17.9 Å². The zero-order chi connectivity index (χ0) is 16.8. The molecular weight excluding hydrogens is 326 g/mol. The summed E-state index contributed by atoms with van der Waals surface area (Å²) in [5, 5.41) is 11.0. The molecule has 1 saturated heterocycles. The van der Waals surface area contributed by atoms with Gasteiger partial charge in [-0.2, -0.15) is 5.10 Å². The first-order valence-corrected chi connectivity index (χ1v) is 9.05. The zero-order valence-electron chi connectivity index (χ0n) is 13.2. The number of carbonyl (C=O) groups is 2. The van der Waals surface area contributed by atoms with Gasteiger partial charge in [-0.3, -0.25) is 9.59 Å². The minimum absolute atomic E-state index is 0.0190. The molecule has 1 aliphatic heterocycles. The fourth-order valence-corrected chi connectivity index (χ4v) is 3.35. The van der Waals surface area contributed by atoms with Gasteiger partial charge in [0.25, 0.3) is 0 Å². The average molecular weight is 345 g/mol. The van der Waals surface area contributed by atoms with E-state index in [1.807, 2.05) is 12.1 Å². The van der Waals surface area contributed by atoms with Crippen molar-refractivity contribution in [1.29, 1.82) is 0 Å². The molecule has 1 amide bonds. The van der Waals surface area contributed by atoms with Crippen molar-refractivity contribution in [2.75, 3.05) is 5.75 Å². The molecule has 0 bridgehead atoms. The Balaban J connectivity index is 1.59. The Morgan fingerprint density at radius 1 is 1.29 bits per heavy atom. The van der Waals surface area contributed by atoms with Crippen molar-refractivity contribution >= 4 is 35.0 Å². The number of carbonyl (C=O) groups excluding carboxylic acids is 2. The van der Waals surface area contributed by atoms with Crippen molar-refractivity contribution in [3.8, 4) is 5.75 Å². The molecule has 1 aromatic rings. The number of benzene rings is 1. The molecule has 0 aromatic heterocycles. The van der Waals surface area contributed by atoms with Crippen molar-refractivity contribution in [2.24, 2.45) is 16.1 Å². The summed E-state index contributed by atoms with van der Waals surface area (Å²) in [6.45, 7) is 0. The highest BCUT2D eigenvalue weighted by atomic mass is 32.2. The third kappa shape index (κ3) is 4.67. The van der Waals surface area contributed by atoms with Gasteiger partial charge in [0.2, 0.25) is 5.91 Å². The van der Waals surface area contributed by atoms with Crippen LogP contribution in [-0.4, -0.2) is 29.0 Å². The Bertz CT molecular complexity index is 681. The summed E-state index contributed by atoms with van der Waals surface area (Å²) in [6, 6.07) is 7.17. The second-order valence-corrected chi connectivity index (χ2v) is 6.78. The predicted molar refractivity (Wildman–Crippen MR) is 94.3 cm³/mol. The largest absolute Gasteiger partial charge is 0.426 e. The van der Waals surface area contributed by atoms with E-state index < -0.39 is 0 Å². The Labute approximate surface area is 144 Å². The fourth-order valence-electron chi connectivity index (χ4n) is 2.72. The van der Waals surface area contributed by atoms with E-state index in [1.54, 1.807) is 18.3 Å². The normalized spacial score (nSPS) is 20.5. The lowest BCUT2D eigenvalue weighted by Crippen LogP contribution is -2.22. The minimum Gasteiger partial charge on any atom is -0.426 e. The third-order valence-corrected chi connectivity index (χ3v) is 4.82. The van der Waals surface area contributed by atoms with Gasteiger partial charge >= 0.3 is 5.97 Å². The van der Waals surface area contributed by atoms with Crippen LogP contribution in [0.1, 0.15) is 37.7 Å². The summed E-state index contributed by atoms with van der Waals surface area (Å²) in [7, 11) is 0. The molecule has 0 spiro atoms. The number of amides is 1. The van der Waals surface area contributed by atoms with Crippen molar-refractivity contribution in [1.82, 2.24) is 5.32 Å². The number of nitrogens with one attached hydrogen (secondary N) is 1. The van der Waals surface area contributed by atoms with E-state index in [0.29, 0.717) is 16.7 Å². The van der Waals surface area contributed by atoms with Crippen LogP contribution in [0.25, 0.3) is 0 Å². The maximum absolute atomic E-state index is 12.2. The molecule has 6 nitrogen and oxygen atoms in total. The van der Waals surface area contributed by atoms with Crippen LogP contribution in [0.4, 0.5) is 0 Å².